The van der Waals surface area contributed by atoms with Gasteiger partial charge in [-0.25, -0.2) is 0 Å². The minimum atomic E-state index is 0.120. The molecule has 0 aliphatic carbocycles. The fraction of sp³-hybridized carbons (Fsp3) is 0.188. The molecule has 2 nitrogen and oxygen atoms in total. The number of carbonyl (C=O) groups is 1. The van der Waals surface area contributed by atoms with Gasteiger partial charge >= 0.3 is 0 Å². The monoisotopic (exact) mass is 240 g/mol. The molecule has 0 N–H and O–H groups in total. The zero-order valence-corrected chi connectivity index (χ0v) is 10.4. The Morgan fingerprint density at radius 2 is 1.83 bits per heavy atom. The highest BCUT2D eigenvalue weighted by Crippen LogP contribution is 2.10. The van der Waals surface area contributed by atoms with Gasteiger partial charge in [0.25, 0.3) is 0 Å². The molecular formula is C16H16O2. The van der Waals surface area contributed by atoms with Crippen LogP contribution >= 0.6 is 0 Å². The van der Waals surface area contributed by atoms with Crippen LogP contribution in [0.3, 0.4) is 0 Å². The van der Waals surface area contributed by atoms with Crippen LogP contribution in [0.15, 0.2) is 54.6 Å². The zero-order valence-electron chi connectivity index (χ0n) is 10.4. The molecule has 0 heterocycles. The minimum Gasteiger partial charge on any atom is -0.493 e. The van der Waals surface area contributed by atoms with Crippen molar-refractivity contribution in [2.24, 2.45) is 0 Å². The van der Waals surface area contributed by atoms with Crippen LogP contribution in [0.2, 0.25) is 0 Å². The maximum absolute atomic E-state index is 11.9. The second-order valence-corrected chi connectivity index (χ2v) is 4.20. The van der Waals surface area contributed by atoms with Gasteiger partial charge in [0.15, 0.2) is 5.78 Å². The summed E-state index contributed by atoms with van der Waals surface area (Å²) in [6, 6.07) is 17.2. The summed E-state index contributed by atoms with van der Waals surface area (Å²) in [5.74, 6) is 0.921. The van der Waals surface area contributed by atoms with Crippen LogP contribution in [-0.2, 0) is 0 Å². The highest BCUT2D eigenvalue weighted by Gasteiger charge is 2.05. The van der Waals surface area contributed by atoms with Crippen LogP contribution in [0.1, 0.15) is 22.3 Å². The number of hydrogen-bond acceptors (Lipinski definition) is 2. The van der Waals surface area contributed by atoms with Crippen LogP contribution in [0.25, 0.3) is 0 Å². The number of carbonyl (C=O) groups excluding carboxylic acids is 1. The molecular weight excluding hydrogens is 224 g/mol. The lowest BCUT2D eigenvalue weighted by atomic mass is 10.1. The van der Waals surface area contributed by atoms with Crippen molar-refractivity contribution in [3.05, 3.63) is 65.7 Å². The predicted molar refractivity (Wildman–Crippen MR) is 72.1 cm³/mol. The van der Waals surface area contributed by atoms with E-state index in [1.54, 1.807) is 0 Å². The molecule has 2 aromatic carbocycles. The summed E-state index contributed by atoms with van der Waals surface area (Å²) in [7, 11) is 0. The molecule has 0 saturated heterocycles. The van der Waals surface area contributed by atoms with Crippen LogP contribution in [-0.4, -0.2) is 12.4 Å². The van der Waals surface area contributed by atoms with Crippen molar-refractivity contribution in [3.8, 4) is 5.75 Å². The van der Waals surface area contributed by atoms with Crippen molar-refractivity contribution < 1.29 is 9.53 Å². The third kappa shape index (κ3) is 3.45. The van der Waals surface area contributed by atoms with Gasteiger partial charge in [0.2, 0.25) is 0 Å². The molecule has 0 unspecified atom stereocenters. The third-order valence-electron chi connectivity index (χ3n) is 2.68. The molecule has 0 spiro atoms. The average Bonchev–Trinajstić information content (AvgIpc) is 2.40. The third-order valence-corrected chi connectivity index (χ3v) is 2.68. The molecule has 0 bridgehead atoms. The van der Waals surface area contributed by atoms with E-state index in [-0.39, 0.29) is 5.78 Å². The van der Waals surface area contributed by atoms with Crippen molar-refractivity contribution in [2.75, 3.05) is 6.61 Å². The Morgan fingerprint density at radius 3 is 2.56 bits per heavy atom. The Morgan fingerprint density at radius 1 is 1.06 bits per heavy atom. The molecule has 0 fully saturated rings. The van der Waals surface area contributed by atoms with Gasteiger partial charge in [-0.15, -0.1) is 0 Å². The number of Topliss-reactive ketones (excluding diaryl/α,β-unsaturated/α-hetero) is 1. The number of rotatable bonds is 5. The maximum atomic E-state index is 11.9. The van der Waals surface area contributed by atoms with Crippen molar-refractivity contribution in [1.82, 2.24) is 0 Å². The number of benzene rings is 2. The van der Waals surface area contributed by atoms with E-state index in [0.29, 0.717) is 13.0 Å². The number of aryl methyl sites for hydroxylation is 1. The molecule has 0 amide bonds. The van der Waals surface area contributed by atoms with Crippen molar-refractivity contribution in [3.63, 3.8) is 0 Å². The molecule has 0 radical (unpaired) electrons. The molecule has 2 aromatic rings. The molecule has 18 heavy (non-hydrogen) atoms. The van der Waals surface area contributed by atoms with Gasteiger partial charge in [0.1, 0.15) is 5.75 Å². The first-order valence-corrected chi connectivity index (χ1v) is 6.03. The summed E-state index contributed by atoms with van der Waals surface area (Å²) in [6.07, 6.45) is 0.401. The van der Waals surface area contributed by atoms with Crippen LogP contribution in [0.5, 0.6) is 5.75 Å². The molecule has 2 heteroatoms. The second-order valence-electron chi connectivity index (χ2n) is 4.20. The number of para-hydroxylation sites is 1. The molecule has 0 aliphatic rings. The zero-order chi connectivity index (χ0) is 12.8. The van der Waals surface area contributed by atoms with Crippen molar-refractivity contribution >= 4 is 5.78 Å². The molecule has 0 atom stereocenters. The summed E-state index contributed by atoms with van der Waals surface area (Å²) in [6.45, 7) is 2.40. The summed E-state index contributed by atoms with van der Waals surface area (Å²) < 4.78 is 5.51. The summed E-state index contributed by atoms with van der Waals surface area (Å²) in [5, 5.41) is 0. The average molecular weight is 240 g/mol. The first-order valence-electron chi connectivity index (χ1n) is 6.03. The van der Waals surface area contributed by atoms with E-state index in [4.69, 9.17) is 4.74 Å². The lowest BCUT2D eigenvalue weighted by Crippen LogP contribution is -2.06. The summed E-state index contributed by atoms with van der Waals surface area (Å²) in [4.78, 5) is 11.9. The van der Waals surface area contributed by atoms with Crippen LogP contribution in [0.4, 0.5) is 0 Å². The number of ketones is 1. The fourth-order valence-electron chi connectivity index (χ4n) is 1.74. The maximum Gasteiger partial charge on any atom is 0.166 e. The largest absolute Gasteiger partial charge is 0.493 e. The van der Waals surface area contributed by atoms with Gasteiger partial charge in [-0.05, 0) is 25.1 Å². The van der Waals surface area contributed by atoms with E-state index in [1.165, 1.54) is 0 Å². The van der Waals surface area contributed by atoms with Gasteiger partial charge in [0, 0.05) is 12.0 Å². The van der Waals surface area contributed by atoms with E-state index in [9.17, 15) is 4.79 Å². The van der Waals surface area contributed by atoms with Crippen LogP contribution < -0.4 is 4.74 Å². The summed E-state index contributed by atoms with van der Waals surface area (Å²) in [5.41, 5.74) is 1.86. The molecule has 92 valence electrons. The molecule has 0 aliphatic heterocycles. The lowest BCUT2D eigenvalue weighted by Gasteiger charge is -2.05. The Balaban J connectivity index is 1.86. The summed E-state index contributed by atoms with van der Waals surface area (Å²) >= 11 is 0. The topological polar surface area (TPSA) is 26.3 Å². The highest BCUT2D eigenvalue weighted by molar-refractivity contribution is 5.96. The van der Waals surface area contributed by atoms with Gasteiger partial charge in [0.05, 0.1) is 6.61 Å². The van der Waals surface area contributed by atoms with E-state index >= 15 is 0 Å². The quantitative estimate of drug-likeness (QED) is 0.746. The molecule has 2 rings (SSSR count). The normalized spacial score (nSPS) is 10.1. The Bertz CT molecular complexity index is 518. The van der Waals surface area contributed by atoms with E-state index < -0.39 is 0 Å². The predicted octanol–water partition coefficient (Wildman–Crippen LogP) is 3.65. The smallest absolute Gasteiger partial charge is 0.166 e. The van der Waals surface area contributed by atoms with Crippen LogP contribution in [0, 0.1) is 6.92 Å². The fourth-order valence-corrected chi connectivity index (χ4v) is 1.74. The highest BCUT2D eigenvalue weighted by atomic mass is 16.5. The van der Waals surface area contributed by atoms with Gasteiger partial charge in [-0.3, -0.25) is 4.79 Å². The standard InChI is InChI=1S/C16H16O2/c1-13-6-5-7-14(12-13)16(17)10-11-18-15-8-3-2-4-9-15/h2-9,12H,10-11H2,1H3. The van der Waals surface area contributed by atoms with E-state index in [2.05, 4.69) is 0 Å². The van der Waals surface area contributed by atoms with E-state index in [1.807, 2.05) is 61.5 Å². The molecule has 0 aromatic heterocycles. The van der Waals surface area contributed by atoms with Crippen molar-refractivity contribution in [2.45, 2.75) is 13.3 Å². The van der Waals surface area contributed by atoms with Crippen molar-refractivity contribution in [1.29, 1.82) is 0 Å². The SMILES string of the molecule is Cc1cccc(C(=O)CCOc2ccccc2)c1. The number of ether oxygens (including phenoxy) is 1. The Labute approximate surface area is 107 Å². The first-order chi connectivity index (χ1) is 8.75. The van der Waals surface area contributed by atoms with Gasteiger partial charge in [-0.1, -0.05) is 42.0 Å². The Kier molecular flexibility index (Phi) is 4.13. The van der Waals surface area contributed by atoms with Gasteiger partial charge < -0.3 is 4.74 Å². The first kappa shape index (κ1) is 12.4. The number of hydrogen-bond donors (Lipinski definition) is 0. The minimum absolute atomic E-state index is 0.120. The lowest BCUT2D eigenvalue weighted by molar-refractivity contribution is 0.0962. The molecule has 0 saturated carbocycles. The second kappa shape index (κ2) is 6.01. The Hall–Kier alpha value is -2.09. The van der Waals surface area contributed by atoms with E-state index in [0.717, 1.165) is 16.9 Å². The van der Waals surface area contributed by atoms with Gasteiger partial charge in [-0.2, -0.15) is 0 Å².